The van der Waals surface area contributed by atoms with Crippen molar-refractivity contribution in [2.24, 2.45) is 0 Å². The van der Waals surface area contributed by atoms with Gasteiger partial charge < -0.3 is 28.5 Å². The molecule has 0 saturated carbocycles. The molecule has 1 amide bonds. The minimum atomic E-state index is -4.71. The molecule has 0 aliphatic heterocycles. The van der Waals surface area contributed by atoms with E-state index in [-0.39, 0.29) is 24.9 Å². The number of phosphoric ester groups is 1. The van der Waals surface area contributed by atoms with E-state index in [0.29, 0.717) is 23.9 Å². The molecule has 0 aromatic rings. The Morgan fingerprint density at radius 2 is 0.821 bits per heavy atom. The predicted octanol–water partition coefficient (Wildman–Crippen LogP) is 19.1. The van der Waals surface area contributed by atoms with Gasteiger partial charge in [0.15, 0.2) is 0 Å². The standard InChI is InChI=1S/C68H119N2O7P/c1-7-10-13-16-19-22-25-27-29-30-31-32-33-34-35-36-37-38-39-40-41-42-45-48-51-54-57-60-67(71)69-65(64-76-78(73,74)75-63-62-70(4,5)6)66(59-56-53-50-47-44-24-21-18-15-12-9-3)77-68(72)61-58-55-52-49-46-43-28-26-23-20-17-14-11-8-2/h10-11,13-14,19-20,22-23,27-29,31-32,34-35,43,56,59,65-66H,7-9,12,15-18,21,24-26,30,33,36-42,44-55,57-58,60-64H2,1-6H3,(H-,69,71,73,74)/b13-10-,14-11+,22-19-,23-20+,29-27-,32-31-,35-34-,43-28+,59-56-. The fourth-order valence-electron chi connectivity index (χ4n) is 8.62. The van der Waals surface area contributed by atoms with Gasteiger partial charge in [0.2, 0.25) is 5.91 Å². The van der Waals surface area contributed by atoms with Gasteiger partial charge in [0.05, 0.1) is 33.8 Å². The van der Waals surface area contributed by atoms with Crippen LogP contribution in [0.15, 0.2) is 109 Å². The third-order valence-electron chi connectivity index (χ3n) is 13.4. The van der Waals surface area contributed by atoms with E-state index in [2.05, 4.69) is 123 Å². The monoisotopic (exact) mass is 1110 g/mol. The molecule has 3 atom stereocenters. The van der Waals surface area contributed by atoms with E-state index >= 15 is 0 Å². The summed E-state index contributed by atoms with van der Waals surface area (Å²) in [6, 6.07) is -0.905. The van der Waals surface area contributed by atoms with Crippen LogP contribution >= 0.6 is 7.82 Å². The van der Waals surface area contributed by atoms with E-state index < -0.39 is 26.6 Å². The number of nitrogens with one attached hydrogen (secondary N) is 1. The molecule has 0 saturated heterocycles. The van der Waals surface area contributed by atoms with Crippen molar-refractivity contribution in [3.05, 3.63) is 109 Å². The number of phosphoric acid groups is 1. The SMILES string of the molecule is CC/C=C\C/C=C\C/C=C\C/C=C\C/C=C\CCCCCCCCCCCCCC(=O)NC(COP(=O)([O-])OCC[N+](C)(C)C)C(/C=C\CCCCCCCCCCC)OC(=O)CCCCCC/C=C/C/C=C/C/C=C/CC. The van der Waals surface area contributed by atoms with Crippen molar-refractivity contribution in [3.63, 3.8) is 0 Å². The third-order valence-corrected chi connectivity index (χ3v) is 14.4. The van der Waals surface area contributed by atoms with Gasteiger partial charge in [0, 0.05) is 12.8 Å². The lowest BCUT2D eigenvalue weighted by Crippen LogP contribution is -2.47. The highest BCUT2D eigenvalue weighted by molar-refractivity contribution is 7.45. The minimum absolute atomic E-state index is 0.0316. The zero-order valence-electron chi connectivity index (χ0n) is 51.1. The molecular formula is C68H119N2O7P. The minimum Gasteiger partial charge on any atom is -0.756 e. The summed E-state index contributed by atoms with van der Waals surface area (Å²) in [6.07, 6.45) is 77.8. The van der Waals surface area contributed by atoms with E-state index in [1.165, 1.54) is 89.9 Å². The number of likely N-dealkylation sites (N-methyl/N-ethyl adjacent to an activating group) is 1. The number of quaternary nitrogens is 1. The van der Waals surface area contributed by atoms with Crippen LogP contribution in [-0.4, -0.2) is 69.4 Å². The Kier molecular flexibility index (Phi) is 54.5. The molecule has 1 N–H and O–H groups in total. The molecular weight excluding hydrogens is 988 g/mol. The van der Waals surface area contributed by atoms with E-state index in [1.54, 1.807) is 0 Å². The van der Waals surface area contributed by atoms with Crippen LogP contribution in [0, 0.1) is 0 Å². The molecule has 0 aromatic heterocycles. The largest absolute Gasteiger partial charge is 0.756 e. The molecule has 10 heteroatoms. The zero-order valence-corrected chi connectivity index (χ0v) is 52.0. The van der Waals surface area contributed by atoms with Crippen LogP contribution in [0.5, 0.6) is 0 Å². The van der Waals surface area contributed by atoms with Crippen LogP contribution in [-0.2, 0) is 27.9 Å². The average molecular weight is 1110 g/mol. The van der Waals surface area contributed by atoms with Gasteiger partial charge in [0.25, 0.3) is 7.82 Å². The molecule has 0 aliphatic carbocycles. The van der Waals surface area contributed by atoms with Crippen molar-refractivity contribution in [3.8, 4) is 0 Å². The van der Waals surface area contributed by atoms with Gasteiger partial charge in [-0.15, -0.1) is 0 Å². The summed E-state index contributed by atoms with van der Waals surface area (Å²) in [7, 11) is 1.16. The van der Waals surface area contributed by atoms with E-state index in [1.807, 2.05) is 33.3 Å². The van der Waals surface area contributed by atoms with Gasteiger partial charge in [-0.1, -0.05) is 246 Å². The van der Waals surface area contributed by atoms with Gasteiger partial charge in [-0.3, -0.25) is 14.2 Å². The summed E-state index contributed by atoms with van der Waals surface area (Å²) in [5.74, 6) is -0.576. The van der Waals surface area contributed by atoms with Crippen molar-refractivity contribution in [1.29, 1.82) is 0 Å². The molecule has 78 heavy (non-hydrogen) atoms. The lowest BCUT2D eigenvalue weighted by Gasteiger charge is -2.30. The second-order valence-electron chi connectivity index (χ2n) is 22.1. The van der Waals surface area contributed by atoms with Gasteiger partial charge in [-0.25, -0.2) is 0 Å². The third kappa shape index (κ3) is 57.4. The second-order valence-corrected chi connectivity index (χ2v) is 23.6. The first kappa shape index (κ1) is 74.7. The number of unbranched alkanes of at least 4 members (excludes halogenated alkanes) is 24. The Bertz CT molecular complexity index is 1700. The van der Waals surface area contributed by atoms with Crippen molar-refractivity contribution < 1.29 is 37.3 Å². The molecule has 0 radical (unpaired) electrons. The molecule has 9 nitrogen and oxygen atoms in total. The topological polar surface area (TPSA) is 114 Å². The maximum absolute atomic E-state index is 13.5. The van der Waals surface area contributed by atoms with Crippen LogP contribution in [0.25, 0.3) is 0 Å². The smallest absolute Gasteiger partial charge is 0.306 e. The van der Waals surface area contributed by atoms with Crippen molar-refractivity contribution in [1.82, 2.24) is 5.32 Å². The predicted molar refractivity (Wildman–Crippen MR) is 334 cm³/mol. The first-order valence-corrected chi connectivity index (χ1v) is 33.2. The van der Waals surface area contributed by atoms with Crippen LogP contribution in [0.4, 0.5) is 0 Å². The summed E-state index contributed by atoms with van der Waals surface area (Å²) >= 11 is 0. The molecule has 0 heterocycles. The number of amides is 1. The Hall–Kier alpha value is -3.33. The number of esters is 1. The van der Waals surface area contributed by atoms with Crippen molar-refractivity contribution >= 4 is 19.7 Å². The van der Waals surface area contributed by atoms with Crippen molar-refractivity contribution in [2.75, 3.05) is 40.9 Å². The van der Waals surface area contributed by atoms with Gasteiger partial charge >= 0.3 is 5.97 Å². The first-order valence-electron chi connectivity index (χ1n) is 31.7. The number of ether oxygens (including phenoxy) is 1. The van der Waals surface area contributed by atoms with Crippen molar-refractivity contribution in [2.45, 2.75) is 270 Å². The highest BCUT2D eigenvalue weighted by atomic mass is 31.2. The van der Waals surface area contributed by atoms with Gasteiger partial charge in [0.1, 0.15) is 19.3 Å². The van der Waals surface area contributed by atoms with Crippen LogP contribution in [0.1, 0.15) is 258 Å². The molecule has 0 bridgehead atoms. The second kappa shape index (κ2) is 56.9. The fraction of sp³-hybridized carbons (Fsp3) is 0.706. The fourth-order valence-corrected chi connectivity index (χ4v) is 9.34. The normalized spacial score (nSPS) is 14.4. The highest BCUT2D eigenvalue weighted by Crippen LogP contribution is 2.38. The summed E-state index contributed by atoms with van der Waals surface area (Å²) in [6.45, 7) is 6.58. The van der Waals surface area contributed by atoms with E-state index in [4.69, 9.17) is 13.8 Å². The van der Waals surface area contributed by atoms with E-state index in [9.17, 15) is 19.0 Å². The Labute approximate surface area is 481 Å². The van der Waals surface area contributed by atoms with E-state index in [0.717, 1.165) is 128 Å². The number of carbonyl (C=O) groups excluding carboxylic acids is 2. The van der Waals surface area contributed by atoms with Crippen LogP contribution < -0.4 is 10.2 Å². The number of hydrogen-bond acceptors (Lipinski definition) is 7. The molecule has 3 unspecified atom stereocenters. The molecule has 0 rings (SSSR count). The highest BCUT2D eigenvalue weighted by Gasteiger charge is 2.27. The Morgan fingerprint density at radius 1 is 0.462 bits per heavy atom. The van der Waals surface area contributed by atoms with Crippen LogP contribution in [0.2, 0.25) is 0 Å². The average Bonchev–Trinajstić information content (AvgIpc) is 3.41. The maximum atomic E-state index is 13.5. The molecule has 0 spiro atoms. The quantitative estimate of drug-likeness (QED) is 0.0212. The first-order chi connectivity index (χ1) is 37.9. The maximum Gasteiger partial charge on any atom is 0.306 e. The Balaban J connectivity index is 5.08. The zero-order chi connectivity index (χ0) is 57.2. The summed E-state index contributed by atoms with van der Waals surface area (Å²) in [4.78, 5) is 40.0. The number of allylic oxidation sites excluding steroid dienone is 17. The molecule has 0 aromatic carbocycles. The summed E-state index contributed by atoms with van der Waals surface area (Å²) < 4.78 is 30.3. The molecule has 448 valence electrons. The lowest BCUT2D eigenvalue weighted by molar-refractivity contribution is -0.870. The number of hydrogen-bond donors (Lipinski definition) is 1. The number of rotatable bonds is 56. The summed E-state index contributed by atoms with van der Waals surface area (Å²) in [5, 5.41) is 3.02. The van der Waals surface area contributed by atoms with Crippen LogP contribution in [0.3, 0.4) is 0 Å². The Morgan fingerprint density at radius 3 is 1.23 bits per heavy atom. The van der Waals surface area contributed by atoms with Gasteiger partial charge in [-0.2, -0.15) is 0 Å². The molecule has 0 fully saturated rings. The lowest BCUT2D eigenvalue weighted by atomic mass is 10.0. The summed E-state index contributed by atoms with van der Waals surface area (Å²) in [5.41, 5.74) is 0. The molecule has 0 aliphatic rings. The number of carbonyl (C=O) groups is 2. The van der Waals surface area contributed by atoms with Gasteiger partial charge in [-0.05, 0) is 109 Å². The number of nitrogens with zero attached hydrogens (tertiary/aromatic N) is 1.